The van der Waals surface area contributed by atoms with Gasteiger partial charge in [-0.15, -0.1) is 11.3 Å². The molecule has 0 aliphatic carbocycles. The molecule has 0 spiro atoms. The standard InChI is InChI=1S/C18H14Cl2N2O2S/c1-11-21-16(10-25-11)12-2-5-14(6-3-12)22-18(23)9-24-17-8-13(19)4-7-15(17)20/h2-8,10H,9H2,1H3,(H,22,23). The molecule has 3 aromatic rings. The molecular weight excluding hydrogens is 379 g/mol. The fourth-order valence-electron chi connectivity index (χ4n) is 2.15. The number of anilines is 1. The first-order valence-electron chi connectivity index (χ1n) is 7.41. The van der Waals surface area contributed by atoms with E-state index >= 15 is 0 Å². The van der Waals surface area contributed by atoms with Crippen molar-refractivity contribution in [3.63, 3.8) is 0 Å². The zero-order valence-electron chi connectivity index (χ0n) is 13.3. The number of nitrogens with one attached hydrogen (secondary N) is 1. The van der Waals surface area contributed by atoms with Crippen LogP contribution in [-0.2, 0) is 4.79 Å². The number of nitrogens with zero attached hydrogens (tertiary/aromatic N) is 1. The molecule has 0 saturated heterocycles. The average Bonchev–Trinajstić information content (AvgIpc) is 3.03. The largest absolute Gasteiger partial charge is 0.482 e. The maximum atomic E-state index is 12.0. The first-order valence-corrected chi connectivity index (χ1v) is 9.05. The molecule has 1 heterocycles. The van der Waals surface area contributed by atoms with E-state index in [4.69, 9.17) is 27.9 Å². The van der Waals surface area contributed by atoms with E-state index in [1.807, 2.05) is 36.6 Å². The van der Waals surface area contributed by atoms with Crippen molar-refractivity contribution in [2.75, 3.05) is 11.9 Å². The van der Waals surface area contributed by atoms with Gasteiger partial charge in [-0.25, -0.2) is 4.98 Å². The lowest BCUT2D eigenvalue weighted by Gasteiger charge is -2.09. The Kier molecular flexibility index (Phi) is 5.58. The molecule has 4 nitrogen and oxygen atoms in total. The topological polar surface area (TPSA) is 51.2 Å². The van der Waals surface area contributed by atoms with Gasteiger partial charge in [-0.2, -0.15) is 0 Å². The van der Waals surface area contributed by atoms with Gasteiger partial charge in [0.1, 0.15) is 5.75 Å². The molecule has 0 aliphatic heterocycles. The molecule has 0 fully saturated rings. The van der Waals surface area contributed by atoms with Crippen LogP contribution in [0.15, 0.2) is 47.8 Å². The number of carbonyl (C=O) groups excluding carboxylic acids is 1. The van der Waals surface area contributed by atoms with Gasteiger partial charge in [-0.3, -0.25) is 4.79 Å². The minimum atomic E-state index is -0.284. The lowest BCUT2D eigenvalue weighted by molar-refractivity contribution is -0.118. The van der Waals surface area contributed by atoms with Crippen molar-refractivity contribution in [3.05, 3.63) is 62.9 Å². The van der Waals surface area contributed by atoms with Gasteiger partial charge in [-0.1, -0.05) is 35.3 Å². The Morgan fingerprint density at radius 3 is 2.64 bits per heavy atom. The van der Waals surface area contributed by atoms with E-state index < -0.39 is 0 Å². The number of ether oxygens (including phenoxy) is 1. The Labute approximate surface area is 159 Å². The Balaban J connectivity index is 1.58. The number of thiazole rings is 1. The van der Waals surface area contributed by atoms with E-state index in [2.05, 4.69) is 10.3 Å². The highest BCUT2D eigenvalue weighted by molar-refractivity contribution is 7.09. The molecule has 1 N–H and O–H groups in total. The van der Waals surface area contributed by atoms with Crippen molar-refractivity contribution in [1.29, 1.82) is 0 Å². The molecule has 128 valence electrons. The zero-order chi connectivity index (χ0) is 17.8. The average molecular weight is 393 g/mol. The van der Waals surface area contributed by atoms with Crippen molar-refractivity contribution in [2.24, 2.45) is 0 Å². The number of rotatable bonds is 5. The van der Waals surface area contributed by atoms with Gasteiger partial charge in [0.05, 0.1) is 15.7 Å². The second kappa shape index (κ2) is 7.87. The summed E-state index contributed by atoms with van der Waals surface area (Å²) in [6, 6.07) is 12.3. The summed E-state index contributed by atoms with van der Waals surface area (Å²) >= 11 is 13.5. The van der Waals surface area contributed by atoms with E-state index in [1.54, 1.807) is 29.5 Å². The summed E-state index contributed by atoms with van der Waals surface area (Å²) in [5, 5.41) is 6.69. The first kappa shape index (κ1) is 17.7. The van der Waals surface area contributed by atoms with Crippen LogP contribution in [0.4, 0.5) is 5.69 Å². The first-order chi connectivity index (χ1) is 12.0. The molecule has 25 heavy (non-hydrogen) atoms. The molecule has 0 atom stereocenters. The lowest BCUT2D eigenvalue weighted by Crippen LogP contribution is -2.20. The molecule has 0 aliphatic rings. The summed E-state index contributed by atoms with van der Waals surface area (Å²) in [4.78, 5) is 16.5. The molecule has 2 aromatic carbocycles. The smallest absolute Gasteiger partial charge is 0.262 e. The number of hydrogen-bond donors (Lipinski definition) is 1. The van der Waals surface area contributed by atoms with Crippen LogP contribution >= 0.6 is 34.5 Å². The number of carbonyl (C=O) groups is 1. The molecule has 0 saturated carbocycles. The van der Waals surface area contributed by atoms with Crippen LogP contribution in [0.1, 0.15) is 5.01 Å². The number of aryl methyl sites for hydroxylation is 1. The van der Waals surface area contributed by atoms with Gasteiger partial charge in [-0.05, 0) is 31.2 Å². The van der Waals surface area contributed by atoms with Crippen LogP contribution < -0.4 is 10.1 Å². The Bertz CT molecular complexity index is 894. The number of hydrogen-bond acceptors (Lipinski definition) is 4. The van der Waals surface area contributed by atoms with Gasteiger partial charge in [0, 0.05) is 27.7 Å². The van der Waals surface area contributed by atoms with Gasteiger partial charge in [0.25, 0.3) is 5.91 Å². The SMILES string of the molecule is Cc1nc(-c2ccc(NC(=O)COc3cc(Cl)ccc3Cl)cc2)cs1. The lowest BCUT2D eigenvalue weighted by atomic mass is 10.1. The Morgan fingerprint density at radius 1 is 1.20 bits per heavy atom. The number of amides is 1. The van der Waals surface area contributed by atoms with Crippen molar-refractivity contribution in [3.8, 4) is 17.0 Å². The Morgan fingerprint density at radius 2 is 1.96 bits per heavy atom. The van der Waals surface area contributed by atoms with E-state index in [9.17, 15) is 4.79 Å². The monoisotopic (exact) mass is 392 g/mol. The summed E-state index contributed by atoms with van der Waals surface area (Å²) in [5.41, 5.74) is 2.62. The van der Waals surface area contributed by atoms with E-state index in [-0.39, 0.29) is 12.5 Å². The van der Waals surface area contributed by atoms with Crippen molar-refractivity contribution in [2.45, 2.75) is 6.92 Å². The fourth-order valence-corrected chi connectivity index (χ4v) is 3.10. The minimum absolute atomic E-state index is 0.160. The third-order valence-electron chi connectivity index (χ3n) is 3.34. The van der Waals surface area contributed by atoms with Crippen molar-refractivity contribution in [1.82, 2.24) is 4.98 Å². The summed E-state index contributed by atoms with van der Waals surface area (Å²) in [6.07, 6.45) is 0. The molecule has 1 amide bonds. The van der Waals surface area contributed by atoms with Crippen LogP contribution in [0.2, 0.25) is 10.0 Å². The van der Waals surface area contributed by atoms with E-state index in [0.717, 1.165) is 16.3 Å². The third kappa shape index (κ3) is 4.72. The van der Waals surface area contributed by atoms with Crippen LogP contribution in [0.25, 0.3) is 11.3 Å². The molecular formula is C18H14Cl2N2O2S. The summed E-state index contributed by atoms with van der Waals surface area (Å²) in [6.45, 7) is 1.81. The van der Waals surface area contributed by atoms with E-state index in [0.29, 0.717) is 21.5 Å². The summed E-state index contributed by atoms with van der Waals surface area (Å²) < 4.78 is 5.41. The van der Waals surface area contributed by atoms with Crippen LogP contribution in [0.3, 0.4) is 0 Å². The van der Waals surface area contributed by atoms with Gasteiger partial charge >= 0.3 is 0 Å². The second-order valence-corrected chi connectivity index (χ2v) is 7.15. The highest BCUT2D eigenvalue weighted by atomic mass is 35.5. The van der Waals surface area contributed by atoms with Crippen LogP contribution in [0.5, 0.6) is 5.75 Å². The van der Waals surface area contributed by atoms with Crippen LogP contribution in [0, 0.1) is 6.92 Å². The molecule has 1 aromatic heterocycles. The fraction of sp³-hybridized carbons (Fsp3) is 0.111. The summed E-state index contributed by atoms with van der Waals surface area (Å²) in [5.74, 6) is 0.0897. The predicted octanol–water partition coefficient (Wildman–Crippen LogP) is 5.44. The third-order valence-corrected chi connectivity index (χ3v) is 4.66. The maximum Gasteiger partial charge on any atom is 0.262 e. The van der Waals surface area contributed by atoms with Gasteiger partial charge in [0.2, 0.25) is 0 Å². The normalized spacial score (nSPS) is 10.5. The molecule has 7 heteroatoms. The number of benzene rings is 2. The van der Waals surface area contributed by atoms with Crippen LogP contribution in [-0.4, -0.2) is 17.5 Å². The zero-order valence-corrected chi connectivity index (χ0v) is 15.6. The maximum absolute atomic E-state index is 12.0. The number of halogens is 2. The summed E-state index contributed by atoms with van der Waals surface area (Å²) in [7, 11) is 0. The molecule has 0 bridgehead atoms. The molecule has 3 rings (SSSR count). The minimum Gasteiger partial charge on any atom is -0.482 e. The molecule has 0 radical (unpaired) electrons. The molecule has 0 unspecified atom stereocenters. The highest BCUT2D eigenvalue weighted by Crippen LogP contribution is 2.27. The highest BCUT2D eigenvalue weighted by Gasteiger charge is 2.08. The van der Waals surface area contributed by atoms with Crippen molar-refractivity contribution >= 4 is 46.1 Å². The Hall–Kier alpha value is -2.08. The van der Waals surface area contributed by atoms with Gasteiger partial charge < -0.3 is 10.1 Å². The predicted molar refractivity (Wildman–Crippen MR) is 103 cm³/mol. The van der Waals surface area contributed by atoms with Gasteiger partial charge in [0.15, 0.2) is 6.61 Å². The number of aromatic nitrogens is 1. The second-order valence-electron chi connectivity index (χ2n) is 5.24. The van der Waals surface area contributed by atoms with Crippen molar-refractivity contribution < 1.29 is 9.53 Å². The van der Waals surface area contributed by atoms with E-state index in [1.165, 1.54) is 0 Å². The quantitative estimate of drug-likeness (QED) is 0.628.